The van der Waals surface area contributed by atoms with E-state index < -0.39 is 6.17 Å². The van der Waals surface area contributed by atoms with Crippen LogP contribution in [0.3, 0.4) is 0 Å². The van der Waals surface area contributed by atoms with Crippen molar-refractivity contribution >= 4 is 28.9 Å². The van der Waals surface area contributed by atoms with Crippen molar-refractivity contribution < 1.29 is 14.4 Å². The lowest BCUT2D eigenvalue weighted by Gasteiger charge is -2.17. The number of benzene rings is 3. The van der Waals surface area contributed by atoms with E-state index in [4.69, 9.17) is 4.99 Å². The summed E-state index contributed by atoms with van der Waals surface area (Å²) in [7, 11) is 0. The molecule has 2 aliphatic rings. The van der Waals surface area contributed by atoms with Gasteiger partial charge in [-0.15, -0.1) is 0 Å². The Bertz CT molecular complexity index is 1370. The number of ketones is 2. The first-order chi connectivity index (χ1) is 16.9. The van der Waals surface area contributed by atoms with Gasteiger partial charge in [-0.1, -0.05) is 77.9 Å². The Hall–Kier alpha value is -4.16. The average Bonchev–Trinajstić information content (AvgIpc) is 3.36. The first kappa shape index (κ1) is 22.6. The van der Waals surface area contributed by atoms with Gasteiger partial charge in [0.05, 0.1) is 17.7 Å². The highest BCUT2D eigenvalue weighted by Gasteiger charge is 2.43. The number of allylic oxidation sites excluding steroid dienone is 1. The Balaban J connectivity index is 1.47. The molecule has 0 unspecified atom stereocenters. The van der Waals surface area contributed by atoms with Crippen LogP contribution in [0.25, 0.3) is 0 Å². The fourth-order valence-electron chi connectivity index (χ4n) is 4.37. The molecule has 0 bridgehead atoms. The summed E-state index contributed by atoms with van der Waals surface area (Å²) in [6.45, 7) is 3.92. The van der Waals surface area contributed by atoms with Crippen molar-refractivity contribution in [2.24, 2.45) is 4.99 Å². The number of para-hydroxylation sites is 1. The Morgan fingerprint density at radius 3 is 1.91 bits per heavy atom. The van der Waals surface area contributed by atoms with E-state index in [9.17, 15) is 14.4 Å². The lowest BCUT2D eigenvalue weighted by Crippen LogP contribution is -2.37. The average molecular weight is 464 g/mol. The number of nitrogens with one attached hydrogen (secondary N) is 1. The van der Waals surface area contributed by atoms with Crippen molar-refractivity contribution in [1.82, 2.24) is 5.43 Å². The van der Waals surface area contributed by atoms with E-state index in [1.54, 1.807) is 24.3 Å². The summed E-state index contributed by atoms with van der Waals surface area (Å²) in [5, 5.41) is 1.46. The second-order valence-electron chi connectivity index (χ2n) is 8.91. The van der Waals surface area contributed by atoms with E-state index >= 15 is 0 Å². The fraction of sp³-hybridized carbons (Fsp3) is 0.172. The van der Waals surface area contributed by atoms with Crippen LogP contribution in [-0.2, 0) is 4.79 Å². The molecule has 6 nitrogen and oxygen atoms in total. The predicted molar refractivity (Wildman–Crippen MR) is 136 cm³/mol. The molecule has 0 aliphatic carbocycles. The molecule has 2 heterocycles. The van der Waals surface area contributed by atoms with E-state index in [1.807, 2.05) is 68.4 Å². The van der Waals surface area contributed by atoms with Gasteiger partial charge in [0.25, 0.3) is 5.91 Å². The number of aryl methyl sites for hydroxylation is 2. The van der Waals surface area contributed by atoms with Crippen LogP contribution in [0.2, 0.25) is 0 Å². The molecular formula is C29H25N3O3. The highest BCUT2D eigenvalue weighted by molar-refractivity contribution is 6.24. The molecule has 1 saturated heterocycles. The van der Waals surface area contributed by atoms with Crippen LogP contribution in [0.4, 0.5) is 5.69 Å². The van der Waals surface area contributed by atoms with Crippen LogP contribution in [0.5, 0.6) is 0 Å². The third-order valence-electron chi connectivity index (χ3n) is 6.34. The number of rotatable bonds is 7. The van der Waals surface area contributed by atoms with Gasteiger partial charge in [-0.2, -0.15) is 5.43 Å². The monoisotopic (exact) mass is 463 g/mol. The lowest BCUT2D eigenvalue weighted by atomic mass is 9.92. The number of carbonyl (C=O) groups excluding carboxylic acids is 3. The number of amides is 1. The molecule has 3 aromatic rings. The molecule has 35 heavy (non-hydrogen) atoms. The number of anilines is 1. The Morgan fingerprint density at radius 1 is 0.800 bits per heavy atom. The molecule has 0 saturated carbocycles. The van der Waals surface area contributed by atoms with Crippen LogP contribution >= 0.6 is 0 Å². The van der Waals surface area contributed by atoms with E-state index in [-0.39, 0.29) is 30.3 Å². The second kappa shape index (κ2) is 9.24. The quantitative estimate of drug-likeness (QED) is 0.512. The molecule has 0 radical (unpaired) electrons. The molecule has 1 atom stereocenters. The van der Waals surface area contributed by atoms with Gasteiger partial charge >= 0.3 is 0 Å². The van der Waals surface area contributed by atoms with E-state index in [0.717, 1.165) is 11.1 Å². The standard InChI is InChI=1S/C29H25N3O3/c1-18-8-12-20(13-9-18)25(33)16-23-24(17-26(34)21-14-10-19(2)11-15-21)30-28-27(23)29(35)32(31-28)22-6-4-3-5-7-22/h3-15,28,31H,16-17H2,1-2H3/t28-/m1/s1. The van der Waals surface area contributed by atoms with Gasteiger partial charge in [-0.25, -0.2) is 5.01 Å². The maximum absolute atomic E-state index is 13.4. The van der Waals surface area contributed by atoms with E-state index in [2.05, 4.69) is 5.43 Å². The third-order valence-corrected chi connectivity index (χ3v) is 6.34. The number of carbonyl (C=O) groups is 3. The largest absolute Gasteiger partial charge is 0.294 e. The van der Waals surface area contributed by atoms with Gasteiger partial charge in [-0.3, -0.25) is 19.4 Å². The number of aliphatic imine (C=N–C) groups is 1. The molecule has 0 spiro atoms. The van der Waals surface area contributed by atoms with E-state index in [0.29, 0.717) is 33.7 Å². The molecule has 0 aromatic heterocycles. The molecule has 5 rings (SSSR count). The summed E-state index contributed by atoms with van der Waals surface area (Å²) in [5.74, 6) is -0.471. The molecule has 3 aromatic carbocycles. The van der Waals surface area contributed by atoms with Crippen LogP contribution in [0.15, 0.2) is 95.0 Å². The van der Waals surface area contributed by atoms with Gasteiger partial charge in [0.15, 0.2) is 11.6 Å². The summed E-state index contributed by atoms with van der Waals surface area (Å²) in [6, 6.07) is 23.9. The van der Waals surface area contributed by atoms with Gasteiger partial charge in [0, 0.05) is 23.3 Å². The summed E-state index contributed by atoms with van der Waals surface area (Å²) in [5.41, 5.74) is 8.56. The van der Waals surface area contributed by atoms with Crippen molar-refractivity contribution in [2.45, 2.75) is 32.9 Å². The fourth-order valence-corrected chi connectivity index (χ4v) is 4.37. The van der Waals surface area contributed by atoms with Crippen LogP contribution < -0.4 is 10.4 Å². The van der Waals surface area contributed by atoms with Crippen molar-refractivity contribution in [2.75, 3.05) is 5.01 Å². The zero-order chi connectivity index (χ0) is 24.5. The number of hydrogen-bond donors (Lipinski definition) is 1. The summed E-state index contributed by atoms with van der Waals surface area (Å²) in [4.78, 5) is 44.3. The lowest BCUT2D eigenvalue weighted by molar-refractivity contribution is -0.114. The molecular weight excluding hydrogens is 438 g/mol. The maximum Gasteiger partial charge on any atom is 0.272 e. The molecule has 1 N–H and O–H groups in total. The summed E-state index contributed by atoms with van der Waals surface area (Å²) >= 11 is 0. The van der Waals surface area contributed by atoms with Gasteiger partial charge in [0.2, 0.25) is 0 Å². The second-order valence-corrected chi connectivity index (χ2v) is 8.91. The number of hydrazine groups is 1. The first-order valence-electron chi connectivity index (χ1n) is 11.6. The summed E-state index contributed by atoms with van der Waals surface area (Å²) < 4.78 is 0. The highest BCUT2D eigenvalue weighted by Crippen LogP contribution is 2.33. The Labute approximate surface area is 204 Å². The third kappa shape index (κ3) is 4.48. The minimum Gasteiger partial charge on any atom is -0.294 e. The van der Waals surface area contributed by atoms with Crippen LogP contribution in [0, 0.1) is 13.8 Å². The topological polar surface area (TPSA) is 78.8 Å². The van der Waals surface area contributed by atoms with Crippen LogP contribution in [0.1, 0.15) is 44.7 Å². The molecule has 1 amide bonds. The van der Waals surface area contributed by atoms with Crippen molar-refractivity contribution in [3.63, 3.8) is 0 Å². The minimum absolute atomic E-state index is 0.00492. The molecule has 6 heteroatoms. The maximum atomic E-state index is 13.4. The Kier molecular flexibility index (Phi) is 5.97. The zero-order valence-corrected chi connectivity index (χ0v) is 19.6. The molecule has 2 aliphatic heterocycles. The predicted octanol–water partition coefficient (Wildman–Crippen LogP) is 4.78. The molecule has 174 valence electrons. The molecule has 1 fully saturated rings. The minimum atomic E-state index is -0.621. The normalized spacial score (nSPS) is 17.0. The van der Waals surface area contributed by atoms with Gasteiger partial charge < -0.3 is 0 Å². The number of Topliss-reactive ketones (excluding diaryl/α,β-unsaturated/α-hetero) is 2. The SMILES string of the molecule is Cc1ccc(C(=O)CC2=N[C@@H]3NN(c4ccccc4)C(=O)C3=C2CC(=O)c2ccc(C)cc2)cc1. The highest BCUT2D eigenvalue weighted by atomic mass is 16.2. The Morgan fingerprint density at radius 2 is 1.34 bits per heavy atom. The number of hydrogen-bond acceptors (Lipinski definition) is 5. The van der Waals surface area contributed by atoms with Crippen molar-refractivity contribution in [1.29, 1.82) is 0 Å². The summed E-state index contributed by atoms with van der Waals surface area (Å²) in [6.07, 6.45) is -0.588. The smallest absolute Gasteiger partial charge is 0.272 e. The van der Waals surface area contributed by atoms with Gasteiger partial charge in [0.1, 0.15) is 6.17 Å². The van der Waals surface area contributed by atoms with Crippen molar-refractivity contribution in [3.8, 4) is 0 Å². The zero-order valence-electron chi connectivity index (χ0n) is 19.6. The van der Waals surface area contributed by atoms with Gasteiger partial charge in [-0.05, 0) is 31.6 Å². The number of fused-ring (bicyclic) bond motifs is 1. The van der Waals surface area contributed by atoms with E-state index in [1.165, 1.54) is 5.01 Å². The van der Waals surface area contributed by atoms with Crippen LogP contribution in [-0.4, -0.2) is 29.4 Å². The number of nitrogens with zero attached hydrogens (tertiary/aromatic N) is 2. The van der Waals surface area contributed by atoms with Crippen molar-refractivity contribution in [3.05, 3.63) is 112 Å². The first-order valence-corrected chi connectivity index (χ1v) is 11.6.